The van der Waals surface area contributed by atoms with Gasteiger partial charge in [0.2, 0.25) is 0 Å². The molecule has 2 aromatic heterocycles. The Labute approximate surface area is 115 Å². The van der Waals surface area contributed by atoms with Gasteiger partial charge in [0.25, 0.3) is 0 Å². The monoisotopic (exact) mass is 270 g/mol. The molecule has 0 spiro atoms. The molecule has 0 atom stereocenters. The van der Waals surface area contributed by atoms with Crippen LogP contribution in [0.15, 0.2) is 29.4 Å². The molecule has 0 saturated heterocycles. The topological polar surface area (TPSA) is 43.1 Å². The van der Waals surface area contributed by atoms with E-state index in [9.17, 15) is 0 Å². The van der Waals surface area contributed by atoms with Gasteiger partial charge in [0, 0.05) is 11.1 Å². The zero-order chi connectivity index (χ0) is 12.8. The summed E-state index contributed by atoms with van der Waals surface area (Å²) < 4.78 is 1.89. The van der Waals surface area contributed by atoms with E-state index in [4.69, 9.17) is 4.98 Å². The molecule has 0 amide bonds. The van der Waals surface area contributed by atoms with Gasteiger partial charge in [-0.1, -0.05) is 23.9 Å². The van der Waals surface area contributed by atoms with E-state index in [1.54, 1.807) is 11.8 Å². The van der Waals surface area contributed by atoms with E-state index in [0.29, 0.717) is 0 Å². The summed E-state index contributed by atoms with van der Waals surface area (Å²) in [5.41, 5.74) is 1.92. The van der Waals surface area contributed by atoms with Crippen molar-refractivity contribution in [1.29, 1.82) is 0 Å². The number of nitrogens with zero attached hydrogens (tertiary/aromatic N) is 4. The first-order chi connectivity index (χ1) is 9.31. The van der Waals surface area contributed by atoms with Crippen LogP contribution in [-0.2, 0) is 0 Å². The normalized spacial score (nSPS) is 15.4. The van der Waals surface area contributed by atoms with Gasteiger partial charge in [-0.25, -0.2) is 9.97 Å². The Morgan fingerprint density at radius 3 is 2.95 bits per heavy atom. The fraction of sp³-hybridized carbons (Fsp3) is 0.357. The maximum Gasteiger partial charge on any atom is 0.191 e. The first kappa shape index (κ1) is 11.2. The summed E-state index contributed by atoms with van der Waals surface area (Å²) in [5, 5.41) is 6.51. The molecule has 3 aromatic rings. The van der Waals surface area contributed by atoms with Crippen molar-refractivity contribution >= 4 is 28.3 Å². The molecule has 0 aliphatic heterocycles. The van der Waals surface area contributed by atoms with Crippen LogP contribution < -0.4 is 0 Å². The zero-order valence-corrected chi connectivity index (χ0v) is 11.5. The number of hydrogen-bond acceptors (Lipinski definition) is 4. The molecule has 5 heteroatoms. The Balaban J connectivity index is 1.92. The molecule has 2 heterocycles. The lowest BCUT2D eigenvalue weighted by Crippen LogP contribution is -1.99. The minimum Gasteiger partial charge on any atom is -0.222 e. The van der Waals surface area contributed by atoms with Crippen molar-refractivity contribution in [3.63, 3.8) is 0 Å². The number of fused-ring (bicyclic) bond motifs is 3. The first-order valence-corrected chi connectivity index (χ1v) is 7.55. The Bertz CT molecular complexity index is 761. The molecule has 96 valence electrons. The van der Waals surface area contributed by atoms with Crippen molar-refractivity contribution in [1.82, 2.24) is 19.6 Å². The van der Waals surface area contributed by atoms with Crippen molar-refractivity contribution in [3.05, 3.63) is 30.1 Å². The van der Waals surface area contributed by atoms with E-state index in [0.717, 1.165) is 39.2 Å². The summed E-state index contributed by atoms with van der Waals surface area (Å²) in [6.45, 7) is 1.93. The van der Waals surface area contributed by atoms with Crippen molar-refractivity contribution in [2.24, 2.45) is 5.92 Å². The predicted molar refractivity (Wildman–Crippen MR) is 76.5 cm³/mol. The molecule has 1 aromatic carbocycles. The lowest BCUT2D eigenvalue weighted by Gasteiger charge is -2.05. The maximum absolute atomic E-state index is 4.74. The molecule has 0 bridgehead atoms. The second kappa shape index (κ2) is 4.20. The zero-order valence-electron chi connectivity index (χ0n) is 10.7. The number of hydrogen-bond donors (Lipinski definition) is 0. The molecule has 4 rings (SSSR count). The van der Waals surface area contributed by atoms with E-state index in [-0.39, 0.29) is 0 Å². The summed E-state index contributed by atoms with van der Waals surface area (Å²) in [5.74, 6) is 2.81. The molecule has 0 unspecified atom stereocenters. The molecule has 19 heavy (non-hydrogen) atoms. The van der Waals surface area contributed by atoms with Crippen LogP contribution in [0.25, 0.3) is 16.6 Å². The van der Waals surface area contributed by atoms with Gasteiger partial charge >= 0.3 is 0 Å². The third-order valence-electron chi connectivity index (χ3n) is 3.40. The SMILES string of the molecule is Cc1nc2c3ccccc3nc(SCC3CC3)n2n1. The largest absolute Gasteiger partial charge is 0.222 e. The number of aryl methyl sites for hydroxylation is 1. The van der Waals surface area contributed by atoms with Gasteiger partial charge in [-0.05, 0) is 37.8 Å². The highest BCUT2D eigenvalue weighted by Gasteiger charge is 2.22. The summed E-state index contributed by atoms with van der Waals surface area (Å²) in [6, 6.07) is 8.14. The maximum atomic E-state index is 4.74. The molecule has 4 nitrogen and oxygen atoms in total. The average Bonchev–Trinajstić information content (AvgIpc) is 3.16. The molecule has 1 fully saturated rings. The Morgan fingerprint density at radius 2 is 2.11 bits per heavy atom. The van der Waals surface area contributed by atoms with E-state index in [1.807, 2.05) is 29.6 Å². The molecule has 1 saturated carbocycles. The van der Waals surface area contributed by atoms with Crippen LogP contribution in [0.4, 0.5) is 0 Å². The minimum atomic E-state index is 0.798. The van der Waals surface area contributed by atoms with Gasteiger partial charge in [-0.15, -0.1) is 5.10 Å². The van der Waals surface area contributed by atoms with Crippen molar-refractivity contribution in [2.45, 2.75) is 24.9 Å². The van der Waals surface area contributed by atoms with Gasteiger partial charge < -0.3 is 0 Å². The third kappa shape index (κ3) is 1.98. The fourth-order valence-corrected chi connectivity index (χ4v) is 3.33. The minimum absolute atomic E-state index is 0.798. The van der Waals surface area contributed by atoms with Crippen molar-refractivity contribution in [3.8, 4) is 0 Å². The van der Waals surface area contributed by atoms with Crippen molar-refractivity contribution < 1.29 is 0 Å². The molecule has 0 radical (unpaired) electrons. The Hall–Kier alpha value is -1.62. The average molecular weight is 270 g/mol. The lowest BCUT2D eigenvalue weighted by molar-refractivity contribution is 0.794. The van der Waals surface area contributed by atoms with Gasteiger partial charge in [0.15, 0.2) is 10.8 Å². The standard InChI is InChI=1S/C14H14N4S/c1-9-15-13-11-4-2-3-5-12(11)16-14(18(13)17-9)19-8-10-6-7-10/h2-5,10H,6-8H2,1H3. The first-order valence-electron chi connectivity index (χ1n) is 6.56. The lowest BCUT2D eigenvalue weighted by atomic mass is 10.2. The Morgan fingerprint density at radius 1 is 1.26 bits per heavy atom. The number of thioether (sulfide) groups is 1. The second-order valence-electron chi connectivity index (χ2n) is 5.06. The molecule has 0 N–H and O–H groups in total. The second-order valence-corrected chi connectivity index (χ2v) is 6.05. The van der Waals surface area contributed by atoms with Crippen LogP contribution >= 0.6 is 11.8 Å². The van der Waals surface area contributed by atoms with Gasteiger partial charge in [0.05, 0.1) is 5.52 Å². The van der Waals surface area contributed by atoms with E-state index in [1.165, 1.54) is 12.8 Å². The van der Waals surface area contributed by atoms with Crippen LogP contribution in [0.1, 0.15) is 18.7 Å². The van der Waals surface area contributed by atoms with Crippen molar-refractivity contribution in [2.75, 3.05) is 5.75 Å². The van der Waals surface area contributed by atoms with Crippen LogP contribution in [0, 0.1) is 12.8 Å². The molecular weight excluding hydrogens is 256 g/mol. The Kier molecular flexibility index (Phi) is 2.48. The van der Waals surface area contributed by atoms with Crippen LogP contribution in [0.3, 0.4) is 0 Å². The van der Waals surface area contributed by atoms with E-state index in [2.05, 4.69) is 16.1 Å². The molecular formula is C14H14N4S. The van der Waals surface area contributed by atoms with Crippen LogP contribution in [0.5, 0.6) is 0 Å². The summed E-state index contributed by atoms with van der Waals surface area (Å²) in [7, 11) is 0. The van der Waals surface area contributed by atoms with E-state index < -0.39 is 0 Å². The van der Waals surface area contributed by atoms with Crippen LogP contribution in [-0.4, -0.2) is 25.3 Å². The quantitative estimate of drug-likeness (QED) is 0.542. The smallest absolute Gasteiger partial charge is 0.191 e. The van der Waals surface area contributed by atoms with Gasteiger partial charge in [-0.3, -0.25) is 0 Å². The number of benzene rings is 1. The highest BCUT2D eigenvalue weighted by atomic mass is 32.2. The number of rotatable bonds is 3. The van der Waals surface area contributed by atoms with E-state index >= 15 is 0 Å². The summed E-state index contributed by atoms with van der Waals surface area (Å²) in [6.07, 6.45) is 2.72. The highest BCUT2D eigenvalue weighted by molar-refractivity contribution is 7.99. The predicted octanol–water partition coefficient (Wildman–Crippen LogP) is 3.09. The molecule has 1 aliphatic carbocycles. The fourth-order valence-electron chi connectivity index (χ4n) is 2.20. The van der Waals surface area contributed by atoms with Gasteiger partial charge in [-0.2, -0.15) is 4.52 Å². The van der Waals surface area contributed by atoms with Crippen LogP contribution in [0.2, 0.25) is 0 Å². The van der Waals surface area contributed by atoms with Gasteiger partial charge in [0.1, 0.15) is 5.82 Å². The molecule has 1 aliphatic rings. The third-order valence-corrected chi connectivity index (χ3v) is 4.56. The summed E-state index contributed by atoms with van der Waals surface area (Å²) in [4.78, 5) is 9.28. The summed E-state index contributed by atoms with van der Waals surface area (Å²) >= 11 is 1.80. The number of aromatic nitrogens is 4. The highest BCUT2D eigenvalue weighted by Crippen LogP contribution is 2.35. The number of para-hydroxylation sites is 1.